The third kappa shape index (κ3) is 3.42. The molecular weight excluding hydrogens is 258 g/mol. The minimum absolute atomic E-state index is 0.174. The zero-order chi connectivity index (χ0) is 15.0. The fourth-order valence-corrected chi connectivity index (χ4v) is 2.82. The van der Waals surface area contributed by atoms with E-state index in [0.29, 0.717) is 26.3 Å². The Balaban J connectivity index is 1.99. The van der Waals surface area contributed by atoms with Crippen molar-refractivity contribution in [2.75, 3.05) is 33.4 Å². The first-order valence-electron chi connectivity index (χ1n) is 7.21. The Bertz CT molecular complexity index is 382. The SMILES string of the molecule is CN[C@]1(C)COCC2(CCN(C(=O)OC(C)(C)C)C2)N1. The van der Waals surface area contributed by atoms with Gasteiger partial charge in [0, 0.05) is 13.1 Å². The lowest BCUT2D eigenvalue weighted by Gasteiger charge is -2.45. The van der Waals surface area contributed by atoms with Gasteiger partial charge in [0.1, 0.15) is 5.60 Å². The molecule has 2 aliphatic heterocycles. The summed E-state index contributed by atoms with van der Waals surface area (Å²) in [6, 6.07) is 0. The summed E-state index contributed by atoms with van der Waals surface area (Å²) < 4.78 is 11.2. The Morgan fingerprint density at radius 1 is 1.40 bits per heavy atom. The second-order valence-corrected chi connectivity index (χ2v) is 7.13. The highest BCUT2D eigenvalue weighted by Crippen LogP contribution is 2.28. The molecule has 2 saturated heterocycles. The average Bonchev–Trinajstić information content (AvgIpc) is 2.71. The number of ether oxygens (including phenoxy) is 2. The van der Waals surface area contributed by atoms with E-state index >= 15 is 0 Å². The number of hydrogen-bond donors (Lipinski definition) is 2. The molecule has 2 fully saturated rings. The summed E-state index contributed by atoms with van der Waals surface area (Å²) in [7, 11) is 1.91. The molecule has 0 aromatic rings. The molecule has 1 amide bonds. The molecule has 6 nitrogen and oxygen atoms in total. The van der Waals surface area contributed by atoms with Gasteiger partial charge in [-0.15, -0.1) is 0 Å². The zero-order valence-corrected chi connectivity index (χ0v) is 13.2. The van der Waals surface area contributed by atoms with E-state index in [4.69, 9.17) is 9.47 Å². The zero-order valence-electron chi connectivity index (χ0n) is 13.2. The number of morpholine rings is 1. The Kier molecular flexibility index (Phi) is 4.01. The van der Waals surface area contributed by atoms with Crippen LogP contribution in [0.3, 0.4) is 0 Å². The maximum absolute atomic E-state index is 12.1. The van der Waals surface area contributed by atoms with Gasteiger partial charge in [0.25, 0.3) is 0 Å². The predicted molar refractivity (Wildman–Crippen MR) is 76.6 cm³/mol. The first-order valence-corrected chi connectivity index (χ1v) is 7.21. The molecular formula is C14H27N3O3. The van der Waals surface area contributed by atoms with Gasteiger partial charge < -0.3 is 19.7 Å². The first-order chi connectivity index (χ1) is 9.17. The molecule has 0 aromatic carbocycles. The van der Waals surface area contributed by atoms with E-state index in [1.54, 1.807) is 4.90 Å². The molecule has 2 rings (SSSR count). The number of likely N-dealkylation sites (N-methyl/N-ethyl adjacent to an activating group) is 1. The van der Waals surface area contributed by atoms with Crippen molar-refractivity contribution >= 4 is 6.09 Å². The Morgan fingerprint density at radius 3 is 2.70 bits per heavy atom. The highest BCUT2D eigenvalue weighted by Gasteiger charge is 2.47. The number of nitrogens with zero attached hydrogens (tertiary/aromatic N) is 1. The summed E-state index contributed by atoms with van der Waals surface area (Å²) in [4.78, 5) is 13.9. The molecule has 2 atom stereocenters. The van der Waals surface area contributed by atoms with Crippen molar-refractivity contribution < 1.29 is 14.3 Å². The highest BCUT2D eigenvalue weighted by atomic mass is 16.6. The molecule has 2 N–H and O–H groups in total. The van der Waals surface area contributed by atoms with Crippen molar-refractivity contribution in [1.29, 1.82) is 0 Å². The van der Waals surface area contributed by atoms with Crippen LogP contribution >= 0.6 is 0 Å². The molecule has 116 valence electrons. The van der Waals surface area contributed by atoms with Crippen molar-refractivity contribution in [1.82, 2.24) is 15.5 Å². The van der Waals surface area contributed by atoms with E-state index in [9.17, 15) is 4.79 Å². The quantitative estimate of drug-likeness (QED) is 0.750. The molecule has 0 radical (unpaired) electrons. The number of rotatable bonds is 1. The largest absolute Gasteiger partial charge is 0.444 e. The van der Waals surface area contributed by atoms with Crippen LogP contribution in [0.1, 0.15) is 34.1 Å². The lowest BCUT2D eigenvalue weighted by atomic mass is 9.95. The van der Waals surface area contributed by atoms with E-state index < -0.39 is 5.60 Å². The number of amides is 1. The monoisotopic (exact) mass is 285 g/mol. The van der Waals surface area contributed by atoms with Crippen LogP contribution < -0.4 is 10.6 Å². The fourth-order valence-electron chi connectivity index (χ4n) is 2.82. The Morgan fingerprint density at radius 2 is 2.10 bits per heavy atom. The molecule has 0 bridgehead atoms. The first kappa shape index (κ1) is 15.5. The van der Waals surface area contributed by atoms with E-state index in [0.717, 1.165) is 6.42 Å². The Hall–Kier alpha value is -0.850. The second-order valence-electron chi connectivity index (χ2n) is 7.13. The maximum Gasteiger partial charge on any atom is 0.410 e. The van der Waals surface area contributed by atoms with E-state index in [1.165, 1.54) is 0 Å². The average molecular weight is 285 g/mol. The topological polar surface area (TPSA) is 62.8 Å². The van der Waals surface area contributed by atoms with Crippen LogP contribution in [0, 0.1) is 0 Å². The summed E-state index contributed by atoms with van der Waals surface area (Å²) in [5, 5.41) is 6.86. The third-order valence-electron chi connectivity index (χ3n) is 3.87. The summed E-state index contributed by atoms with van der Waals surface area (Å²) in [5.41, 5.74) is -0.877. The van der Waals surface area contributed by atoms with Gasteiger partial charge in [-0.3, -0.25) is 5.32 Å². The van der Waals surface area contributed by atoms with E-state index in [2.05, 4.69) is 17.6 Å². The van der Waals surface area contributed by atoms with Gasteiger partial charge in [-0.05, 0) is 41.2 Å². The molecule has 20 heavy (non-hydrogen) atoms. The molecule has 1 spiro atoms. The summed E-state index contributed by atoms with van der Waals surface area (Å²) in [6.45, 7) is 10.3. The third-order valence-corrected chi connectivity index (χ3v) is 3.87. The normalized spacial score (nSPS) is 34.5. The number of carbonyl (C=O) groups excluding carboxylic acids is 1. The van der Waals surface area contributed by atoms with Crippen molar-refractivity contribution in [3.8, 4) is 0 Å². The van der Waals surface area contributed by atoms with Gasteiger partial charge in [-0.1, -0.05) is 0 Å². The minimum atomic E-state index is -0.456. The van der Waals surface area contributed by atoms with Crippen LogP contribution in [0.15, 0.2) is 0 Å². The number of hydrogen-bond acceptors (Lipinski definition) is 5. The second kappa shape index (κ2) is 5.16. The molecule has 6 heteroatoms. The van der Waals surface area contributed by atoms with Gasteiger partial charge in [0.2, 0.25) is 0 Å². The lowest BCUT2D eigenvalue weighted by Crippen LogP contribution is -2.70. The van der Waals surface area contributed by atoms with Gasteiger partial charge in [-0.25, -0.2) is 4.79 Å². The van der Waals surface area contributed by atoms with Gasteiger partial charge >= 0.3 is 6.09 Å². The maximum atomic E-state index is 12.1. The van der Waals surface area contributed by atoms with Crippen LogP contribution in [0.4, 0.5) is 4.79 Å². The van der Waals surface area contributed by atoms with Gasteiger partial charge in [-0.2, -0.15) is 0 Å². The fraction of sp³-hybridized carbons (Fsp3) is 0.929. The molecule has 2 heterocycles. The molecule has 1 unspecified atom stereocenters. The van der Waals surface area contributed by atoms with Crippen LogP contribution in [0.25, 0.3) is 0 Å². The number of carbonyl (C=O) groups is 1. The highest BCUT2D eigenvalue weighted by molar-refractivity contribution is 5.68. The van der Waals surface area contributed by atoms with Crippen LogP contribution in [0.2, 0.25) is 0 Å². The van der Waals surface area contributed by atoms with Crippen LogP contribution in [-0.4, -0.2) is 61.1 Å². The Labute approximate surface area is 121 Å². The van der Waals surface area contributed by atoms with Crippen molar-refractivity contribution in [2.24, 2.45) is 0 Å². The van der Waals surface area contributed by atoms with Crippen molar-refractivity contribution in [3.05, 3.63) is 0 Å². The minimum Gasteiger partial charge on any atom is -0.444 e. The van der Waals surface area contributed by atoms with Gasteiger partial charge in [0.05, 0.1) is 24.4 Å². The molecule has 0 saturated carbocycles. The molecule has 2 aliphatic rings. The standard InChI is InChI=1S/C14H27N3O3/c1-12(2,3)20-11(18)17-7-6-14(8-17)10-19-9-13(4,15-5)16-14/h15-16H,6-10H2,1-5H3/t13-,14?/m0/s1. The number of likely N-dealkylation sites (tertiary alicyclic amines) is 1. The van der Waals surface area contributed by atoms with E-state index in [1.807, 2.05) is 27.8 Å². The van der Waals surface area contributed by atoms with E-state index in [-0.39, 0.29) is 17.3 Å². The predicted octanol–water partition coefficient (Wildman–Crippen LogP) is 0.921. The van der Waals surface area contributed by atoms with Crippen LogP contribution in [-0.2, 0) is 9.47 Å². The van der Waals surface area contributed by atoms with Gasteiger partial charge in [0.15, 0.2) is 0 Å². The summed E-state index contributed by atoms with van der Waals surface area (Å²) in [5.74, 6) is 0. The van der Waals surface area contributed by atoms with Crippen molar-refractivity contribution in [2.45, 2.75) is 50.9 Å². The number of nitrogens with one attached hydrogen (secondary N) is 2. The molecule has 0 aromatic heterocycles. The summed E-state index contributed by atoms with van der Waals surface area (Å²) >= 11 is 0. The van der Waals surface area contributed by atoms with Crippen LogP contribution in [0.5, 0.6) is 0 Å². The molecule has 0 aliphatic carbocycles. The lowest BCUT2D eigenvalue weighted by molar-refractivity contribution is -0.0445. The van der Waals surface area contributed by atoms with Crippen molar-refractivity contribution in [3.63, 3.8) is 0 Å². The smallest absolute Gasteiger partial charge is 0.410 e. The summed E-state index contributed by atoms with van der Waals surface area (Å²) in [6.07, 6.45) is 0.636.